The van der Waals surface area contributed by atoms with Gasteiger partial charge in [0.2, 0.25) is 0 Å². The number of fused-ring (bicyclic) bond motifs is 1. The quantitative estimate of drug-likeness (QED) is 0.925. The normalized spacial score (nSPS) is 27.3. The van der Waals surface area contributed by atoms with Crippen LogP contribution in [0.2, 0.25) is 0 Å². The van der Waals surface area contributed by atoms with E-state index in [1.54, 1.807) is 11.3 Å². The molecule has 1 aliphatic rings. The molecule has 0 radical (unpaired) electrons. The zero-order valence-electron chi connectivity index (χ0n) is 12.1. The number of aliphatic hydroxyl groups is 1. The van der Waals surface area contributed by atoms with Gasteiger partial charge in [-0.05, 0) is 34.7 Å². The van der Waals surface area contributed by atoms with Gasteiger partial charge in [-0.2, -0.15) is 0 Å². The number of benzene rings is 1. The van der Waals surface area contributed by atoms with Crippen LogP contribution < -0.4 is 0 Å². The van der Waals surface area contributed by atoms with Crippen LogP contribution in [0.15, 0.2) is 29.6 Å². The lowest BCUT2D eigenvalue weighted by atomic mass is 9.82. The molecule has 1 N–H and O–H groups in total. The molecule has 2 nitrogen and oxygen atoms in total. The van der Waals surface area contributed by atoms with Gasteiger partial charge in [0.05, 0.1) is 11.7 Å². The predicted molar refractivity (Wildman–Crippen MR) is 84.3 cm³/mol. The zero-order chi connectivity index (χ0) is 14.2. The third kappa shape index (κ3) is 2.76. The van der Waals surface area contributed by atoms with Gasteiger partial charge in [0.1, 0.15) is 0 Å². The summed E-state index contributed by atoms with van der Waals surface area (Å²) in [5, 5.41) is 14.4. The van der Waals surface area contributed by atoms with Crippen molar-refractivity contribution in [1.29, 1.82) is 0 Å². The molecular weight excluding hydrogens is 268 g/mol. The lowest BCUT2D eigenvalue weighted by molar-refractivity contribution is -0.116. The Bertz CT molecular complexity index is 589. The Labute approximate surface area is 124 Å². The summed E-state index contributed by atoms with van der Waals surface area (Å²) in [4.78, 5) is 0. The van der Waals surface area contributed by atoms with Crippen molar-refractivity contribution in [2.24, 2.45) is 5.92 Å². The second-order valence-electron chi connectivity index (χ2n) is 6.27. The summed E-state index contributed by atoms with van der Waals surface area (Å²) >= 11 is 1.77. The summed E-state index contributed by atoms with van der Waals surface area (Å²) in [5.41, 5.74) is 0.661. The third-order valence-electron chi connectivity index (χ3n) is 4.30. The minimum Gasteiger partial charge on any atom is -0.389 e. The van der Waals surface area contributed by atoms with Gasteiger partial charge in [-0.3, -0.25) is 0 Å². The molecule has 3 heteroatoms. The summed E-state index contributed by atoms with van der Waals surface area (Å²) in [7, 11) is 0. The number of hydrogen-bond acceptors (Lipinski definition) is 3. The van der Waals surface area contributed by atoms with Gasteiger partial charge in [0.15, 0.2) is 0 Å². The highest BCUT2D eigenvalue weighted by Crippen LogP contribution is 2.35. The molecule has 2 atom stereocenters. The molecule has 1 aromatic heterocycles. The topological polar surface area (TPSA) is 29.5 Å². The maximum Gasteiger partial charge on any atom is 0.0735 e. The van der Waals surface area contributed by atoms with Crippen molar-refractivity contribution in [3.05, 3.63) is 35.2 Å². The van der Waals surface area contributed by atoms with E-state index >= 15 is 0 Å². The van der Waals surface area contributed by atoms with E-state index in [0.29, 0.717) is 12.5 Å². The van der Waals surface area contributed by atoms with Crippen LogP contribution in [0.1, 0.15) is 32.3 Å². The van der Waals surface area contributed by atoms with Crippen molar-refractivity contribution in [2.45, 2.75) is 44.8 Å². The van der Waals surface area contributed by atoms with E-state index in [4.69, 9.17) is 4.74 Å². The predicted octanol–water partition coefficient (Wildman–Crippen LogP) is 4.01. The SMILES string of the molecule is CC(C)C1CC(O)(Cc2csc3ccccc23)CCO1. The van der Waals surface area contributed by atoms with Crippen LogP contribution in [0, 0.1) is 5.92 Å². The van der Waals surface area contributed by atoms with Crippen molar-refractivity contribution in [2.75, 3.05) is 6.61 Å². The first-order valence-electron chi connectivity index (χ1n) is 7.36. The molecule has 1 aliphatic heterocycles. The lowest BCUT2D eigenvalue weighted by Crippen LogP contribution is -2.44. The molecule has 3 rings (SSSR count). The molecule has 0 bridgehead atoms. The van der Waals surface area contributed by atoms with E-state index in [-0.39, 0.29) is 6.10 Å². The van der Waals surface area contributed by atoms with Crippen LogP contribution in [-0.2, 0) is 11.2 Å². The minimum absolute atomic E-state index is 0.179. The van der Waals surface area contributed by atoms with Crippen molar-refractivity contribution < 1.29 is 9.84 Å². The molecule has 1 aromatic carbocycles. The number of hydrogen-bond donors (Lipinski definition) is 1. The van der Waals surface area contributed by atoms with E-state index in [1.807, 2.05) is 0 Å². The average Bonchev–Trinajstić information content (AvgIpc) is 2.82. The number of thiophene rings is 1. The Morgan fingerprint density at radius 3 is 3.00 bits per heavy atom. The van der Waals surface area contributed by atoms with Crippen molar-refractivity contribution in [3.63, 3.8) is 0 Å². The Morgan fingerprint density at radius 1 is 1.40 bits per heavy atom. The lowest BCUT2D eigenvalue weighted by Gasteiger charge is -2.38. The maximum atomic E-state index is 10.9. The average molecular weight is 290 g/mol. The van der Waals surface area contributed by atoms with E-state index in [9.17, 15) is 5.11 Å². The molecular formula is C17H22O2S. The van der Waals surface area contributed by atoms with Crippen LogP contribution in [0.4, 0.5) is 0 Å². The third-order valence-corrected chi connectivity index (χ3v) is 5.32. The second-order valence-corrected chi connectivity index (χ2v) is 7.18. The first-order valence-corrected chi connectivity index (χ1v) is 8.24. The van der Waals surface area contributed by atoms with Crippen LogP contribution in [0.3, 0.4) is 0 Å². The number of ether oxygens (including phenoxy) is 1. The van der Waals surface area contributed by atoms with Crippen LogP contribution in [0.25, 0.3) is 10.1 Å². The highest BCUT2D eigenvalue weighted by Gasteiger charge is 2.36. The van der Waals surface area contributed by atoms with Gasteiger partial charge in [0, 0.05) is 24.1 Å². The summed E-state index contributed by atoms with van der Waals surface area (Å²) in [6.45, 7) is 4.99. The van der Waals surface area contributed by atoms with Gasteiger partial charge in [-0.15, -0.1) is 11.3 Å². The molecule has 2 heterocycles. The van der Waals surface area contributed by atoms with E-state index in [2.05, 4.69) is 43.5 Å². The van der Waals surface area contributed by atoms with Gasteiger partial charge in [-0.1, -0.05) is 32.0 Å². The van der Waals surface area contributed by atoms with E-state index in [1.165, 1.54) is 15.6 Å². The molecule has 1 saturated heterocycles. The standard InChI is InChI=1S/C17H22O2S/c1-12(2)15-10-17(18,7-8-19-15)9-13-11-20-16-6-4-3-5-14(13)16/h3-6,11-12,15,18H,7-10H2,1-2H3. The second kappa shape index (κ2) is 5.47. The fraction of sp³-hybridized carbons (Fsp3) is 0.529. The molecule has 0 saturated carbocycles. The smallest absolute Gasteiger partial charge is 0.0735 e. The maximum absolute atomic E-state index is 10.9. The van der Waals surface area contributed by atoms with Crippen LogP contribution >= 0.6 is 11.3 Å². The van der Waals surface area contributed by atoms with Crippen LogP contribution in [-0.4, -0.2) is 23.4 Å². The molecule has 0 amide bonds. The Balaban J connectivity index is 1.82. The monoisotopic (exact) mass is 290 g/mol. The van der Waals surface area contributed by atoms with Gasteiger partial charge < -0.3 is 9.84 Å². The molecule has 0 spiro atoms. The molecule has 20 heavy (non-hydrogen) atoms. The zero-order valence-corrected chi connectivity index (χ0v) is 13.0. The molecule has 108 valence electrons. The molecule has 1 fully saturated rings. The molecule has 2 aromatic rings. The fourth-order valence-electron chi connectivity index (χ4n) is 3.05. The summed E-state index contributed by atoms with van der Waals surface area (Å²) < 4.78 is 7.09. The summed E-state index contributed by atoms with van der Waals surface area (Å²) in [6.07, 6.45) is 2.40. The Hall–Kier alpha value is -0.900. The first-order chi connectivity index (χ1) is 9.57. The van der Waals surface area contributed by atoms with Crippen molar-refractivity contribution in [3.8, 4) is 0 Å². The van der Waals surface area contributed by atoms with E-state index < -0.39 is 5.60 Å². The molecule has 2 unspecified atom stereocenters. The van der Waals surface area contributed by atoms with Crippen molar-refractivity contribution >= 4 is 21.4 Å². The number of rotatable bonds is 3. The Morgan fingerprint density at radius 2 is 2.20 bits per heavy atom. The summed E-state index contributed by atoms with van der Waals surface area (Å²) in [5.74, 6) is 0.459. The molecule has 0 aliphatic carbocycles. The first kappa shape index (κ1) is 14.1. The van der Waals surface area contributed by atoms with Gasteiger partial charge in [0.25, 0.3) is 0 Å². The van der Waals surface area contributed by atoms with Crippen LogP contribution in [0.5, 0.6) is 0 Å². The largest absolute Gasteiger partial charge is 0.389 e. The van der Waals surface area contributed by atoms with Gasteiger partial charge in [-0.25, -0.2) is 0 Å². The highest BCUT2D eigenvalue weighted by atomic mass is 32.1. The minimum atomic E-state index is -0.614. The van der Waals surface area contributed by atoms with Crippen molar-refractivity contribution in [1.82, 2.24) is 0 Å². The van der Waals surface area contributed by atoms with E-state index in [0.717, 1.165) is 19.3 Å². The van der Waals surface area contributed by atoms with Gasteiger partial charge >= 0.3 is 0 Å². The highest BCUT2D eigenvalue weighted by molar-refractivity contribution is 7.17. The summed E-state index contributed by atoms with van der Waals surface area (Å²) in [6, 6.07) is 8.45. The fourth-order valence-corrected chi connectivity index (χ4v) is 4.01. The Kier molecular flexibility index (Phi) is 3.85.